The lowest BCUT2D eigenvalue weighted by Crippen LogP contribution is -2.33. The minimum Gasteiger partial charge on any atom is -0.428 e. The van der Waals surface area contributed by atoms with Crippen molar-refractivity contribution in [2.45, 2.75) is 89.6 Å². The van der Waals surface area contributed by atoms with Gasteiger partial charge in [-0.2, -0.15) is 17.6 Å². The molecule has 2 fully saturated rings. The SMILES string of the molecule is CCCC1CCC(C2CCC(c3ccc(OC(F)(F)C(F)F)cc3)CC2)CC1. The van der Waals surface area contributed by atoms with E-state index in [0.29, 0.717) is 5.92 Å². The number of ether oxygens (including phenoxy) is 1. The third-order valence-electron chi connectivity index (χ3n) is 6.89. The number of alkyl halides is 4. The van der Waals surface area contributed by atoms with Gasteiger partial charge >= 0.3 is 12.5 Å². The van der Waals surface area contributed by atoms with E-state index in [0.717, 1.165) is 36.2 Å². The summed E-state index contributed by atoms with van der Waals surface area (Å²) in [6, 6.07) is 6.26. The summed E-state index contributed by atoms with van der Waals surface area (Å²) in [6.07, 6.45) is 4.63. The molecule has 0 saturated heterocycles. The zero-order valence-corrected chi connectivity index (χ0v) is 16.7. The maximum Gasteiger partial charge on any atom is 0.461 e. The van der Waals surface area contributed by atoms with Crippen LogP contribution in [-0.2, 0) is 0 Å². The second-order valence-corrected chi connectivity index (χ2v) is 8.71. The minimum absolute atomic E-state index is 0.216. The van der Waals surface area contributed by atoms with E-state index in [4.69, 9.17) is 0 Å². The van der Waals surface area contributed by atoms with Crippen molar-refractivity contribution in [1.29, 1.82) is 0 Å². The van der Waals surface area contributed by atoms with Crippen LogP contribution in [0.25, 0.3) is 0 Å². The maximum atomic E-state index is 13.0. The highest BCUT2D eigenvalue weighted by Crippen LogP contribution is 2.44. The summed E-state index contributed by atoms with van der Waals surface area (Å²) in [5.74, 6) is 2.85. The fourth-order valence-electron chi connectivity index (χ4n) is 5.29. The van der Waals surface area contributed by atoms with Gasteiger partial charge in [0, 0.05) is 0 Å². The normalized spacial score (nSPS) is 29.1. The fourth-order valence-corrected chi connectivity index (χ4v) is 5.29. The van der Waals surface area contributed by atoms with Crippen molar-refractivity contribution >= 4 is 0 Å². The van der Waals surface area contributed by atoms with Crippen LogP contribution >= 0.6 is 0 Å². The van der Waals surface area contributed by atoms with Gasteiger partial charge in [-0.15, -0.1) is 0 Å². The summed E-state index contributed by atoms with van der Waals surface area (Å²) >= 11 is 0. The molecule has 2 saturated carbocycles. The van der Waals surface area contributed by atoms with Crippen LogP contribution in [0.5, 0.6) is 5.75 Å². The van der Waals surface area contributed by atoms with Crippen molar-refractivity contribution in [3.63, 3.8) is 0 Å². The molecule has 0 heterocycles. The second kappa shape index (κ2) is 9.49. The number of halogens is 4. The molecule has 28 heavy (non-hydrogen) atoms. The molecular weight excluding hydrogens is 368 g/mol. The Morgan fingerprint density at radius 1 is 0.893 bits per heavy atom. The van der Waals surface area contributed by atoms with Gasteiger partial charge in [0.2, 0.25) is 0 Å². The second-order valence-electron chi connectivity index (χ2n) is 8.71. The molecule has 1 aromatic carbocycles. The van der Waals surface area contributed by atoms with Crippen LogP contribution in [0.15, 0.2) is 24.3 Å². The third kappa shape index (κ3) is 5.42. The Morgan fingerprint density at radius 3 is 1.93 bits per heavy atom. The van der Waals surface area contributed by atoms with Gasteiger partial charge in [0.15, 0.2) is 0 Å². The monoisotopic (exact) mass is 400 g/mol. The number of benzene rings is 1. The van der Waals surface area contributed by atoms with Crippen molar-refractivity contribution in [1.82, 2.24) is 0 Å². The molecule has 1 nitrogen and oxygen atoms in total. The lowest BCUT2D eigenvalue weighted by Gasteiger charge is -2.38. The molecule has 0 atom stereocenters. The highest BCUT2D eigenvalue weighted by atomic mass is 19.3. The first-order chi connectivity index (χ1) is 13.4. The van der Waals surface area contributed by atoms with Crippen LogP contribution in [0.2, 0.25) is 0 Å². The van der Waals surface area contributed by atoms with Crippen molar-refractivity contribution in [2.24, 2.45) is 17.8 Å². The van der Waals surface area contributed by atoms with Gasteiger partial charge in [-0.05, 0) is 79.9 Å². The largest absolute Gasteiger partial charge is 0.461 e. The topological polar surface area (TPSA) is 9.23 Å². The highest BCUT2D eigenvalue weighted by Gasteiger charge is 2.44. The lowest BCUT2D eigenvalue weighted by atomic mass is 9.68. The van der Waals surface area contributed by atoms with E-state index in [1.54, 1.807) is 12.1 Å². The molecule has 3 rings (SSSR count). The Hall–Kier alpha value is -1.26. The Morgan fingerprint density at radius 2 is 1.43 bits per heavy atom. The van der Waals surface area contributed by atoms with Crippen molar-refractivity contribution in [3.05, 3.63) is 29.8 Å². The highest BCUT2D eigenvalue weighted by molar-refractivity contribution is 5.30. The third-order valence-corrected chi connectivity index (χ3v) is 6.89. The fraction of sp³-hybridized carbons (Fsp3) is 0.739. The van der Waals surface area contributed by atoms with Gasteiger partial charge in [-0.3, -0.25) is 0 Å². The average molecular weight is 401 g/mol. The van der Waals surface area contributed by atoms with E-state index in [1.165, 1.54) is 63.5 Å². The molecule has 5 heteroatoms. The van der Waals surface area contributed by atoms with Gasteiger partial charge in [0.25, 0.3) is 0 Å². The first-order valence-corrected chi connectivity index (χ1v) is 10.8. The summed E-state index contributed by atoms with van der Waals surface area (Å²) in [4.78, 5) is 0. The lowest BCUT2D eigenvalue weighted by molar-refractivity contribution is -0.253. The molecule has 0 aromatic heterocycles. The molecule has 0 amide bonds. The van der Waals surface area contributed by atoms with Crippen LogP contribution in [0.4, 0.5) is 17.6 Å². The van der Waals surface area contributed by atoms with Crippen LogP contribution in [0.1, 0.15) is 82.6 Å². The van der Waals surface area contributed by atoms with Crippen molar-refractivity contribution in [2.75, 3.05) is 0 Å². The summed E-state index contributed by atoms with van der Waals surface area (Å²) in [5.41, 5.74) is 1.10. The molecule has 2 aliphatic carbocycles. The van der Waals surface area contributed by atoms with E-state index in [1.807, 2.05) is 0 Å². The van der Waals surface area contributed by atoms with Gasteiger partial charge in [-0.1, -0.05) is 44.7 Å². The van der Waals surface area contributed by atoms with E-state index >= 15 is 0 Å². The molecule has 0 bridgehead atoms. The van der Waals surface area contributed by atoms with Crippen LogP contribution in [-0.4, -0.2) is 12.5 Å². The van der Waals surface area contributed by atoms with Crippen LogP contribution in [0.3, 0.4) is 0 Å². The van der Waals surface area contributed by atoms with E-state index in [9.17, 15) is 17.6 Å². The maximum absolute atomic E-state index is 13.0. The Balaban J connectivity index is 1.47. The molecule has 0 spiro atoms. The molecule has 0 radical (unpaired) electrons. The number of hydrogen-bond donors (Lipinski definition) is 0. The van der Waals surface area contributed by atoms with E-state index in [-0.39, 0.29) is 5.75 Å². The summed E-state index contributed by atoms with van der Waals surface area (Å²) < 4.78 is 54.6. The van der Waals surface area contributed by atoms with E-state index in [2.05, 4.69) is 11.7 Å². The van der Waals surface area contributed by atoms with Crippen molar-refractivity contribution < 1.29 is 22.3 Å². The first-order valence-electron chi connectivity index (χ1n) is 10.8. The van der Waals surface area contributed by atoms with Gasteiger partial charge in [0.05, 0.1) is 0 Å². The molecule has 0 aliphatic heterocycles. The van der Waals surface area contributed by atoms with Gasteiger partial charge < -0.3 is 4.74 Å². The minimum atomic E-state index is -4.45. The quantitative estimate of drug-likeness (QED) is 0.424. The number of rotatable bonds is 7. The standard InChI is InChI=1S/C23H32F4O/c1-2-3-16-4-6-17(7-5-16)18-8-10-19(11-9-18)20-12-14-21(15-13-20)28-23(26,27)22(24)25/h12-19,22H,2-11H2,1H3. The predicted molar refractivity (Wildman–Crippen MR) is 103 cm³/mol. The Kier molecular flexibility index (Phi) is 7.27. The summed E-state index contributed by atoms with van der Waals surface area (Å²) in [7, 11) is 0. The molecule has 2 aliphatic rings. The molecule has 0 unspecified atom stereocenters. The molecule has 1 aromatic rings. The summed E-state index contributed by atoms with van der Waals surface area (Å²) in [5, 5.41) is 0. The smallest absolute Gasteiger partial charge is 0.428 e. The Labute approximate surface area is 165 Å². The van der Waals surface area contributed by atoms with Crippen LogP contribution in [0, 0.1) is 17.8 Å². The molecular formula is C23H32F4O. The van der Waals surface area contributed by atoms with Crippen LogP contribution < -0.4 is 4.74 Å². The predicted octanol–water partition coefficient (Wildman–Crippen LogP) is 7.80. The van der Waals surface area contributed by atoms with E-state index < -0.39 is 12.5 Å². The zero-order chi connectivity index (χ0) is 20.1. The summed E-state index contributed by atoms with van der Waals surface area (Å²) in [6.45, 7) is 2.27. The molecule has 0 N–H and O–H groups in total. The Bertz CT molecular complexity index is 585. The number of hydrogen-bond acceptors (Lipinski definition) is 1. The average Bonchev–Trinajstić information content (AvgIpc) is 2.69. The molecule has 158 valence electrons. The van der Waals surface area contributed by atoms with Crippen molar-refractivity contribution in [3.8, 4) is 5.75 Å². The van der Waals surface area contributed by atoms with Gasteiger partial charge in [-0.25, -0.2) is 0 Å². The van der Waals surface area contributed by atoms with Gasteiger partial charge in [0.1, 0.15) is 5.75 Å². The first kappa shape index (κ1) is 21.4. The zero-order valence-electron chi connectivity index (χ0n) is 16.7.